The zero-order valence-electron chi connectivity index (χ0n) is 14.8. The third kappa shape index (κ3) is 4.78. The number of hydrogen-bond donors (Lipinski definition) is 2. The van der Waals surface area contributed by atoms with E-state index in [4.69, 9.17) is 0 Å². The van der Waals surface area contributed by atoms with Crippen LogP contribution >= 0.6 is 12.4 Å². The first-order valence-corrected chi connectivity index (χ1v) is 7.77. The highest BCUT2D eigenvalue weighted by atomic mass is 35.5. The standard InChI is InChI=1S/C15H25N7O.ClH/c1-6-7-16-14-18-11-8-17-15(22(5)9-10(2)23)19-12(11)13(20-14)21(3)4;/h8,10,23H,6-7,9H2,1-5H3,(H,16,18,20);1H. The van der Waals surface area contributed by atoms with Crippen LogP contribution in [0.25, 0.3) is 11.0 Å². The maximum absolute atomic E-state index is 9.52. The van der Waals surface area contributed by atoms with E-state index in [0.717, 1.165) is 18.8 Å². The van der Waals surface area contributed by atoms with Crippen LogP contribution in [0.3, 0.4) is 0 Å². The number of hydrogen-bond acceptors (Lipinski definition) is 8. The average Bonchev–Trinajstić information content (AvgIpc) is 2.50. The van der Waals surface area contributed by atoms with E-state index < -0.39 is 6.10 Å². The Morgan fingerprint density at radius 3 is 2.50 bits per heavy atom. The summed E-state index contributed by atoms with van der Waals surface area (Å²) in [7, 11) is 5.70. The van der Waals surface area contributed by atoms with Gasteiger partial charge in [0.2, 0.25) is 11.9 Å². The van der Waals surface area contributed by atoms with E-state index >= 15 is 0 Å². The fourth-order valence-electron chi connectivity index (χ4n) is 2.19. The van der Waals surface area contributed by atoms with Gasteiger partial charge in [-0.15, -0.1) is 12.4 Å². The number of rotatable bonds is 7. The third-order valence-corrected chi connectivity index (χ3v) is 3.24. The molecule has 2 N–H and O–H groups in total. The quantitative estimate of drug-likeness (QED) is 0.773. The predicted molar refractivity (Wildman–Crippen MR) is 100 cm³/mol. The molecular formula is C15H26ClN7O. The second-order valence-corrected chi connectivity index (χ2v) is 5.83. The van der Waals surface area contributed by atoms with E-state index in [-0.39, 0.29) is 12.4 Å². The van der Waals surface area contributed by atoms with E-state index in [9.17, 15) is 5.11 Å². The Labute approximate surface area is 148 Å². The monoisotopic (exact) mass is 355 g/mol. The third-order valence-electron chi connectivity index (χ3n) is 3.24. The van der Waals surface area contributed by atoms with E-state index in [2.05, 4.69) is 32.2 Å². The molecule has 0 spiro atoms. The number of fused-ring (bicyclic) bond motifs is 1. The van der Waals surface area contributed by atoms with Crippen LogP contribution in [0, 0.1) is 0 Å². The van der Waals surface area contributed by atoms with E-state index in [0.29, 0.717) is 29.5 Å². The van der Waals surface area contributed by atoms with Crippen LogP contribution in [0.15, 0.2) is 6.20 Å². The van der Waals surface area contributed by atoms with Gasteiger partial charge >= 0.3 is 0 Å². The molecule has 134 valence electrons. The van der Waals surface area contributed by atoms with Crippen molar-refractivity contribution >= 4 is 41.2 Å². The van der Waals surface area contributed by atoms with Crippen molar-refractivity contribution in [2.45, 2.75) is 26.4 Å². The molecule has 1 unspecified atom stereocenters. The van der Waals surface area contributed by atoms with Gasteiger partial charge in [0.25, 0.3) is 0 Å². The Balaban J connectivity index is 0.00000288. The largest absolute Gasteiger partial charge is 0.392 e. The molecule has 0 aliphatic carbocycles. The minimum Gasteiger partial charge on any atom is -0.392 e. The molecular weight excluding hydrogens is 330 g/mol. The van der Waals surface area contributed by atoms with Crippen molar-refractivity contribution in [2.75, 3.05) is 49.3 Å². The number of aromatic nitrogens is 4. The molecule has 9 heteroatoms. The highest BCUT2D eigenvalue weighted by Crippen LogP contribution is 2.23. The van der Waals surface area contributed by atoms with Crippen LogP contribution in [-0.4, -0.2) is 65.4 Å². The van der Waals surface area contributed by atoms with Gasteiger partial charge in [-0.05, 0) is 13.3 Å². The molecule has 2 aromatic heterocycles. The van der Waals surface area contributed by atoms with Crippen molar-refractivity contribution in [3.63, 3.8) is 0 Å². The summed E-state index contributed by atoms with van der Waals surface area (Å²) in [4.78, 5) is 21.7. The van der Waals surface area contributed by atoms with Crippen LogP contribution in [0.2, 0.25) is 0 Å². The Bertz CT molecular complexity index is 666. The maximum Gasteiger partial charge on any atom is 0.225 e. The molecule has 2 heterocycles. The molecule has 0 aliphatic heterocycles. The summed E-state index contributed by atoms with van der Waals surface area (Å²) in [6.07, 6.45) is 2.24. The van der Waals surface area contributed by atoms with Gasteiger partial charge in [0.1, 0.15) is 11.0 Å². The van der Waals surface area contributed by atoms with Crippen LogP contribution in [0.1, 0.15) is 20.3 Å². The SMILES string of the molecule is CCCNc1nc(N(C)C)c2nc(N(C)CC(C)O)ncc2n1.Cl. The second kappa shape index (κ2) is 8.79. The minimum absolute atomic E-state index is 0. The summed E-state index contributed by atoms with van der Waals surface area (Å²) in [6.45, 7) is 5.10. The predicted octanol–water partition coefficient (Wildman–Crippen LogP) is 1.55. The van der Waals surface area contributed by atoms with Crippen LogP contribution in [0.4, 0.5) is 17.7 Å². The van der Waals surface area contributed by atoms with Gasteiger partial charge < -0.3 is 20.2 Å². The summed E-state index contributed by atoms with van der Waals surface area (Å²) in [5, 5.41) is 12.7. The lowest BCUT2D eigenvalue weighted by molar-refractivity contribution is 0.201. The minimum atomic E-state index is -0.454. The first kappa shape index (κ1) is 20.1. The van der Waals surface area contributed by atoms with Crippen LogP contribution in [-0.2, 0) is 0 Å². The van der Waals surface area contributed by atoms with E-state index in [1.807, 2.05) is 30.9 Å². The molecule has 2 aromatic rings. The van der Waals surface area contributed by atoms with Crippen molar-refractivity contribution < 1.29 is 5.11 Å². The molecule has 8 nitrogen and oxygen atoms in total. The smallest absolute Gasteiger partial charge is 0.225 e. The lowest BCUT2D eigenvalue weighted by Gasteiger charge is -2.20. The van der Waals surface area contributed by atoms with Gasteiger partial charge in [0, 0.05) is 34.2 Å². The highest BCUT2D eigenvalue weighted by Gasteiger charge is 2.14. The van der Waals surface area contributed by atoms with Crippen molar-refractivity contribution in [3.05, 3.63) is 6.20 Å². The Morgan fingerprint density at radius 2 is 1.92 bits per heavy atom. The first-order valence-electron chi connectivity index (χ1n) is 7.77. The fraction of sp³-hybridized carbons (Fsp3) is 0.600. The highest BCUT2D eigenvalue weighted by molar-refractivity contribution is 5.87. The van der Waals surface area contributed by atoms with Gasteiger partial charge in [0.05, 0.1) is 12.3 Å². The molecule has 0 aromatic carbocycles. The van der Waals surface area contributed by atoms with Crippen molar-refractivity contribution in [2.24, 2.45) is 0 Å². The topological polar surface area (TPSA) is 90.3 Å². The molecule has 2 rings (SSSR count). The van der Waals surface area contributed by atoms with Gasteiger partial charge in [0.15, 0.2) is 5.82 Å². The number of likely N-dealkylation sites (N-methyl/N-ethyl adjacent to an activating group) is 1. The van der Waals surface area contributed by atoms with E-state index in [1.54, 1.807) is 13.1 Å². The fourth-order valence-corrected chi connectivity index (χ4v) is 2.19. The van der Waals surface area contributed by atoms with E-state index in [1.165, 1.54) is 0 Å². The number of anilines is 3. The molecule has 0 bridgehead atoms. The van der Waals surface area contributed by atoms with Gasteiger partial charge in [-0.2, -0.15) is 4.98 Å². The molecule has 24 heavy (non-hydrogen) atoms. The van der Waals surface area contributed by atoms with Gasteiger partial charge in [-0.3, -0.25) is 0 Å². The zero-order valence-corrected chi connectivity index (χ0v) is 15.6. The number of nitrogens with zero attached hydrogens (tertiary/aromatic N) is 6. The summed E-state index contributed by atoms with van der Waals surface area (Å²) >= 11 is 0. The normalized spacial score (nSPS) is 11.8. The molecule has 0 saturated heterocycles. The summed E-state index contributed by atoms with van der Waals surface area (Å²) in [5.41, 5.74) is 1.39. The maximum atomic E-state index is 9.52. The van der Waals surface area contributed by atoms with Gasteiger partial charge in [-0.1, -0.05) is 6.92 Å². The second-order valence-electron chi connectivity index (χ2n) is 5.83. The van der Waals surface area contributed by atoms with Crippen molar-refractivity contribution in [1.82, 2.24) is 19.9 Å². The molecule has 0 aliphatic rings. The van der Waals surface area contributed by atoms with Crippen molar-refractivity contribution in [1.29, 1.82) is 0 Å². The zero-order chi connectivity index (χ0) is 17.0. The number of halogens is 1. The van der Waals surface area contributed by atoms with Crippen molar-refractivity contribution in [3.8, 4) is 0 Å². The lowest BCUT2D eigenvalue weighted by Crippen LogP contribution is -2.28. The average molecular weight is 356 g/mol. The molecule has 0 fully saturated rings. The molecule has 0 radical (unpaired) electrons. The molecule has 0 amide bonds. The molecule has 0 saturated carbocycles. The number of aliphatic hydroxyl groups excluding tert-OH is 1. The lowest BCUT2D eigenvalue weighted by atomic mass is 10.3. The summed E-state index contributed by atoms with van der Waals surface area (Å²) in [6, 6.07) is 0. The molecule has 1 atom stereocenters. The van der Waals surface area contributed by atoms with Crippen LogP contribution < -0.4 is 15.1 Å². The van der Waals surface area contributed by atoms with Crippen LogP contribution in [0.5, 0.6) is 0 Å². The Morgan fingerprint density at radius 1 is 1.21 bits per heavy atom. The van der Waals surface area contributed by atoms with Gasteiger partial charge in [-0.25, -0.2) is 15.0 Å². The summed E-state index contributed by atoms with van der Waals surface area (Å²) in [5.74, 6) is 1.86. The first-order chi connectivity index (χ1) is 10.9. The summed E-state index contributed by atoms with van der Waals surface area (Å²) < 4.78 is 0. The number of nitrogens with one attached hydrogen (secondary N) is 1. The number of aliphatic hydroxyl groups is 1. The Hall–Kier alpha value is -1.93. The Kier molecular flexibility index (Phi) is 7.37.